The Hall–Kier alpha value is -3.32. The lowest BCUT2D eigenvalue weighted by molar-refractivity contribution is 0.0740. The molecule has 7 heteroatoms. The first-order valence-corrected chi connectivity index (χ1v) is 9.83. The minimum atomic E-state index is -0.327. The molecule has 6 nitrogen and oxygen atoms in total. The standard InChI is InChI=1S/C21H17N3O3S/c25-20(17-6-3-11-27-17)23-19-8-7-18(28-19)21(26)24-10-9-16-14(12-24)13-4-1-2-5-15(13)22-16/h1-8,11,22H,9-10,12H2,(H,23,25). The molecule has 5 rings (SSSR count). The fraction of sp³-hybridized carbons (Fsp3) is 0.143. The lowest BCUT2D eigenvalue weighted by atomic mass is 10.0. The summed E-state index contributed by atoms with van der Waals surface area (Å²) in [5.74, 6) is -0.101. The van der Waals surface area contributed by atoms with E-state index in [1.54, 1.807) is 24.3 Å². The van der Waals surface area contributed by atoms with Gasteiger partial charge in [0.15, 0.2) is 5.76 Å². The van der Waals surface area contributed by atoms with Gasteiger partial charge in [0, 0.05) is 41.7 Å². The molecular formula is C21H17N3O3S. The van der Waals surface area contributed by atoms with Gasteiger partial charge in [-0.1, -0.05) is 18.2 Å². The number of benzene rings is 1. The molecular weight excluding hydrogens is 374 g/mol. The predicted octanol–water partition coefficient (Wildman–Crippen LogP) is 4.27. The number of hydrogen-bond donors (Lipinski definition) is 2. The minimum absolute atomic E-state index is 0.0144. The van der Waals surface area contributed by atoms with Crippen molar-refractivity contribution in [2.45, 2.75) is 13.0 Å². The number of hydrogen-bond acceptors (Lipinski definition) is 4. The number of nitrogens with one attached hydrogen (secondary N) is 2. The summed E-state index contributed by atoms with van der Waals surface area (Å²) in [6.45, 7) is 1.26. The molecule has 1 aliphatic heterocycles. The van der Waals surface area contributed by atoms with Crippen LogP contribution in [0.4, 0.5) is 5.00 Å². The second-order valence-corrected chi connectivity index (χ2v) is 7.78. The number of carbonyl (C=O) groups is 2. The Bertz CT molecular complexity index is 1170. The van der Waals surface area contributed by atoms with Crippen LogP contribution < -0.4 is 5.32 Å². The molecule has 0 unspecified atom stereocenters. The summed E-state index contributed by atoms with van der Waals surface area (Å²) in [7, 11) is 0. The number of fused-ring (bicyclic) bond motifs is 3. The van der Waals surface area contributed by atoms with Crippen LogP contribution in [0.2, 0.25) is 0 Å². The normalized spacial score (nSPS) is 13.5. The molecule has 4 heterocycles. The highest BCUT2D eigenvalue weighted by Gasteiger charge is 2.25. The molecule has 1 aliphatic rings. The predicted molar refractivity (Wildman–Crippen MR) is 108 cm³/mol. The van der Waals surface area contributed by atoms with Crippen LogP contribution in [0, 0.1) is 0 Å². The van der Waals surface area contributed by atoms with Gasteiger partial charge in [0.25, 0.3) is 11.8 Å². The fourth-order valence-corrected chi connectivity index (χ4v) is 4.47. The Kier molecular flexibility index (Phi) is 4.02. The number of nitrogens with zero attached hydrogens (tertiary/aromatic N) is 1. The van der Waals surface area contributed by atoms with Crippen LogP contribution >= 0.6 is 11.3 Å². The van der Waals surface area contributed by atoms with Crippen LogP contribution in [0.25, 0.3) is 10.9 Å². The molecule has 0 aliphatic carbocycles. The van der Waals surface area contributed by atoms with E-state index in [-0.39, 0.29) is 17.6 Å². The summed E-state index contributed by atoms with van der Waals surface area (Å²) in [5, 5.41) is 4.56. The molecule has 0 bridgehead atoms. The first-order chi connectivity index (χ1) is 13.7. The Morgan fingerprint density at radius 3 is 2.86 bits per heavy atom. The summed E-state index contributed by atoms with van der Waals surface area (Å²) in [6, 6.07) is 14.9. The Balaban J connectivity index is 1.33. The molecule has 0 saturated carbocycles. The average Bonchev–Trinajstić information content (AvgIpc) is 3.46. The number of aromatic amines is 1. The van der Waals surface area contributed by atoms with Crippen LogP contribution in [0.5, 0.6) is 0 Å². The largest absolute Gasteiger partial charge is 0.459 e. The zero-order chi connectivity index (χ0) is 19.1. The summed E-state index contributed by atoms with van der Waals surface area (Å²) in [5.41, 5.74) is 3.52. The van der Waals surface area contributed by atoms with Crippen molar-refractivity contribution in [3.8, 4) is 0 Å². The second kappa shape index (κ2) is 6.69. The van der Waals surface area contributed by atoms with E-state index in [1.807, 2.05) is 17.0 Å². The van der Waals surface area contributed by atoms with Crippen molar-refractivity contribution in [2.75, 3.05) is 11.9 Å². The van der Waals surface area contributed by atoms with Crippen LogP contribution in [-0.2, 0) is 13.0 Å². The Morgan fingerprint density at radius 2 is 2.00 bits per heavy atom. The van der Waals surface area contributed by atoms with Gasteiger partial charge in [0.2, 0.25) is 0 Å². The molecule has 0 fully saturated rings. The van der Waals surface area contributed by atoms with Gasteiger partial charge in [-0.2, -0.15) is 0 Å². The number of H-pyrrole nitrogens is 1. The van der Waals surface area contributed by atoms with Gasteiger partial charge in [-0.15, -0.1) is 11.3 Å². The first kappa shape index (κ1) is 16.8. The Morgan fingerprint density at radius 1 is 1.11 bits per heavy atom. The lowest BCUT2D eigenvalue weighted by Gasteiger charge is -2.26. The quantitative estimate of drug-likeness (QED) is 0.547. The molecule has 1 aromatic carbocycles. The van der Waals surface area contributed by atoms with Crippen LogP contribution in [0.1, 0.15) is 31.5 Å². The van der Waals surface area contributed by atoms with E-state index in [0.29, 0.717) is 23.0 Å². The number of para-hydroxylation sites is 1. The van der Waals surface area contributed by atoms with E-state index in [9.17, 15) is 9.59 Å². The van der Waals surface area contributed by atoms with E-state index in [4.69, 9.17) is 4.42 Å². The number of anilines is 1. The second-order valence-electron chi connectivity index (χ2n) is 6.70. The van der Waals surface area contributed by atoms with Gasteiger partial charge in [0.05, 0.1) is 16.1 Å². The van der Waals surface area contributed by atoms with Crippen molar-refractivity contribution in [3.63, 3.8) is 0 Å². The van der Waals surface area contributed by atoms with Crippen LogP contribution in [0.3, 0.4) is 0 Å². The molecule has 3 aromatic heterocycles. The molecule has 0 radical (unpaired) electrons. The van der Waals surface area contributed by atoms with Crippen LogP contribution in [-0.4, -0.2) is 28.2 Å². The number of thiophene rings is 1. The van der Waals surface area contributed by atoms with Crippen molar-refractivity contribution in [2.24, 2.45) is 0 Å². The third kappa shape index (κ3) is 2.90. The number of furan rings is 1. The Labute approximate surface area is 164 Å². The van der Waals surface area contributed by atoms with Gasteiger partial charge in [-0.3, -0.25) is 9.59 Å². The third-order valence-corrected chi connectivity index (χ3v) is 5.96. The number of carbonyl (C=O) groups excluding carboxylic acids is 2. The molecule has 0 saturated heterocycles. The van der Waals surface area contributed by atoms with Gasteiger partial charge >= 0.3 is 0 Å². The van der Waals surface area contributed by atoms with E-state index < -0.39 is 0 Å². The lowest BCUT2D eigenvalue weighted by Crippen LogP contribution is -2.35. The van der Waals surface area contributed by atoms with Gasteiger partial charge in [-0.05, 0) is 30.3 Å². The number of aromatic nitrogens is 1. The highest BCUT2D eigenvalue weighted by molar-refractivity contribution is 7.18. The number of amides is 2. The van der Waals surface area contributed by atoms with Crippen molar-refractivity contribution in [1.82, 2.24) is 9.88 Å². The monoisotopic (exact) mass is 391 g/mol. The summed E-state index contributed by atoms with van der Waals surface area (Å²) in [4.78, 5) is 31.0. The zero-order valence-corrected chi connectivity index (χ0v) is 15.7. The maximum Gasteiger partial charge on any atom is 0.291 e. The highest BCUT2D eigenvalue weighted by atomic mass is 32.1. The molecule has 2 N–H and O–H groups in total. The van der Waals surface area contributed by atoms with E-state index in [1.165, 1.54) is 34.2 Å². The SMILES string of the molecule is O=C(Nc1ccc(C(=O)N2CCc3[nH]c4ccccc4c3C2)s1)c1ccco1. The highest BCUT2D eigenvalue weighted by Crippen LogP contribution is 2.30. The zero-order valence-electron chi connectivity index (χ0n) is 14.9. The smallest absolute Gasteiger partial charge is 0.291 e. The molecule has 140 valence electrons. The molecule has 4 aromatic rings. The van der Waals surface area contributed by atoms with Crippen molar-refractivity contribution >= 4 is 39.1 Å². The molecule has 2 amide bonds. The summed E-state index contributed by atoms with van der Waals surface area (Å²) in [6.07, 6.45) is 2.26. The summed E-state index contributed by atoms with van der Waals surface area (Å²) >= 11 is 1.27. The van der Waals surface area contributed by atoms with Crippen molar-refractivity contribution < 1.29 is 14.0 Å². The van der Waals surface area contributed by atoms with E-state index in [0.717, 1.165) is 11.9 Å². The topological polar surface area (TPSA) is 78.3 Å². The van der Waals surface area contributed by atoms with E-state index >= 15 is 0 Å². The average molecular weight is 391 g/mol. The maximum absolute atomic E-state index is 13.0. The first-order valence-electron chi connectivity index (χ1n) is 9.01. The van der Waals surface area contributed by atoms with E-state index in [2.05, 4.69) is 22.4 Å². The van der Waals surface area contributed by atoms with Gasteiger partial charge < -0.3 is 19.6 Å². The van der Waals surface area contributed by atoms with Crippen LogP contribution in [0.15, 0.2) is 59.2 Å². The van der Waals surface area contributed by atoms with Crippen molar-refractivity contribution in [1.29, 1.82) is 0 Å². The molecule has 0 atom stereocenters. The third-order valence-electron chi connectivity index (χ3n) is 4.97. The summed E-state index contributed by atoms with van der Waals surface area (Å²) < 4.78 is 5.09. The van der Waals surface area contributed by atoms with Gasteiger partial charge in [0.1, 0.15) is 0 Å². The fourth-order valence-electron chi connectivity index (χ4n) is 3.60. The minimum Gasteiger partial charge on any atom is -0.459 e. The van der Waals surface area contributed by atoms with Crippen molar-refractivity contribution in [3.05, 3.63) is 76.7 Å². The molecule has 28 heavy (non-hydrogen) atoms. The number of rotatable bonds is 3. The maximum atomic E-state index is 13.0. The molecule has 0 spiro atoms. The van der Waals surface area contributed by atoms with Gasteiger partial charge in [-0.25, -0.2) is 0 Å².